The molecule has 7 heteroatoms. The smallest absolute Gasteiger partial charge is 0.306 e. The van der Waals surface area contributed by atoms with Gasteiger partial charge in [0.05, 0.1) is 18.7 Å². The number of thiazole rings is 1. The second-order valence-corrected chi connectivity index (χ2v) is 9.22. The summed E-state index contributed by atoms with van der Waals surface area (Å²) < 4.78 is 18.5. The number of aromatic nitrogens is 1. The number of nitrogens with zero attached hydrogens (tertiary/aromatic N) is 2. The topological polar surface area (TPSA) is 59.5 Å². The predicted molar refractivity (Wildman–Crippen MR) is 120 cm³/mol. The second-order valence-electron chi connectivity index (χ2n) is 8.39. The minimum atomic E-state index is -0.411. The zero-order chi connectivity index (χ0) is 22.4. The van der Waals surface area contributed by atoms with Gasteiger partial charge in [-0.05, 0) is 35.2 Å². The Kier molecular flexibility index (Phi) is 7.17. The summed E-state index contributed by atoms with van der Waals surface area (Å²) in [6.07, 6.45) is 0.227. The molecule has 0 aliphatic carbocycles. The summed E-state index contributed by atoms with van der Waals surface area (Å²) in [6.45, 7) is 5.75. The number of rotatable bonds is 7. The van der Waals surface area contributed by atoms with Crippen molar-refractivity contribution in [2.24, 2.45) is 5.41 Å². The Morgan fingerprint density at radius 2 is 1.74 bits per heavy atom. The molecule has 1 amide bonds. The summed E-state index contributed by atoms with van der Waals surface area (Å²) in [5.74, 6) is -1.09. The molecular formula is C24H25FN2O3S. The summed E-state index contributed by atoms with van der Waals surface area (Å²) in [5, 5.41) is 2.31. The number of hydrogen-bond acceptors (Lipinski definition) is 5. The van der Waals surface area contributed by atoms with E-state index < -0.39 is 5.97 Å². The first-order chi connectivity index (χ1) is 14.7. The fourth-order valence-corrected chi connectivity index (χ4v) is 3.72. The van der Waals surface area contributed by atoms with Crippen LogP contribution in [-0.4, -0.2) is 23.5 Å². The van der Waals surface area contributed by atoms with Gasteiger partial charge in [-0.25, -0.2) is 9.37 Å². The number of amides is 1. The van der Waals surface area contributed by atoms with Crippen LogP contribution in [0.5, 0.6) is 0 Å². The number of carbonyl (C=O) groups excluding carboxylic acids is 2. The molecule has 0 aliphatic heterocycles. The minimum absolute atomic E-state index is 0.219. The minimum Gasteiger partial charge on any atom is -0.456 e. The first-order valence-corrected chi connectivity index (χ1v) is 10.8. The number of hydrogen-bond donors (Lipinski definition) is 0. The van der Waals surface area contributed by atoms with Crippen molar-refractivity contribution in [1.82, 2.24) is 4.98 Å². The summed E-state index contributed by atoms with van der Waals surface area (Å²) in [7, 11) is 0. The molecule has 1 heterocycles. The third-order valence-electron chi connectivity index (χ3n) is 4.38. The number of anilines is 1. The van der Waals surface area contributed by atoms with Crippen molar-refractivity contribution in [2.45, 2.75) is 33.7 Å². The number of halogens is 1. The van der Waals surface area contributed by atoms with Crippen molar-refractivity contribution in [1.29, 1.82) is 0 Å². The summed E-state index contributed by atoms with van der Waals surface area (Å²) in [6, 6.07) is 15.6. The van der Waals surface area contributed by atoms with Crippen LogP contribution < -0.4 is 4.90 Å². The van der Waals surface area contributed by atoms with Crippen LogP contribution in [0.3, 0.4) is 0 Å². The molecule has 0 unspecified atom stereocenters. The van der Waals surface area contributed by atoms with Crippen molar-refractivity contribution >= 4 is 28.3 Å². The van der Waals surface area contributed by atoms with Gasteiger partial charge in [-0.2, -0.15) is 0 Å². The quantitative estimate of drug-likeness (QED) is 0.458. The first kappa shape index (κ1) is 22.6. The molecule has 1 aromatic heterocycles. The Morgan fingerprint density at radius 3 is 2.39 bits per heavy atom. The molecule has 0 aliphatic rings. The van der Waals surface area contributed by atoms with Crippen LogP contribution in [0.4, 0.5) is 9.52 Å². The molecule has 0 fully saturated rings. The number of carbonyl (C=O) groups is 2. The normalized spacial score (nSPS) is 11.2. The number of ether oxygens (including phenoxy) is 1. The van der Waals surface area contributed by atoms with Crippen molar-refractivity contribution < 1.29 is 18.7 Å². The van der Waals surface area contributed by atoms with Crippen molar-refractivity contribution in [3.63, 3.8) is 0 Å². The van der Waals surface area contributed by atoms with E-state index >= 15 is 0 Å². The van der Waals surface area contributed by atoms with E-state index in [1.54, 1.807) is 12.1 Å². The maximum absolute atomic E-state index is 13.2. The largest absolute Gasteiger partial charge is 0.456 e. The third-order valence-corrected chi connectivity index (χ3v) is 5.24. The zero-order valence-electron chi connectivity index (χ0n) is 17.8. The van der Waals surface area contributed by atoms with E-state index in [9.17, 15) is 14.0 Å². The van der Waals surface area contributed by atoms with E-state index in [2.05, 4.69) is 4.98 Å². The SMILES string of the molecule is CC(C)(C)CC(=O)OCC(=O)N(Cc1ccccc1)c1nc(-c2ccc(F)cc2)cs1. The van der Waals surface area contributed by atoms with Crippen molar-refractivity contribution in [3.05, 3.63) is 71.4 Å². The fourth-order valence-electron chi connectivity index (χ4n) is 2.87. The van der Waals surface area contributed by atoms with Gasteiger partial charge < -0.3 is 4.74 Å². The molecule has 31 heavy (non-hydrogen) atoms. The van der Waals surface area contributed by atoms with Gasteiger partial charge in [0.1, 0.15) is 5.82 Å². The molecule has 3 aromatic rings. The van der Waals surface area contributed by atoms with Crippen LogP contribution in [0.15, 0.2) is 60.0 Å². The maximum Gasteiger partial charge on any atom is 0.306 e. The van der Waals surface area contributed by atoms with E-state index in [0.29, 0.717) is 17.4 Å². The molecule has 0 atom stereocenters. The van der Waals surface area contributed by atoms with Crippen molar-refractivity contribution in [2.75, 3.05) is 11.5 Å². The fraction of sp³-hybridized carbons (Fsp3) is 0.292. The Bertz CT molecular complexity index is 1030. The van der Waals surface area contributed by atoms with Gasteiger partial charge >= 0.3 is 5.97 Å². The van der Waals surface area contributed by atoms with Gasteiger partial charge in [-0.15, -0.1) is 11.3 Å². The van der Waals surface area contributed by atoms with Crippen molar-refractivity contribution in [3.8, 4) is 11.3 Å². The molecule has 0 saturated heterocycles. The number of esters is 1. The first-order valence-electron chi connectivity index (χ1n) is 9.93. The molecular weight excluding hydrogens is 415 g/mol. The van der Waals surface area contributed by atoms with Crippen LogP contribution >= 0.6 is 11.3 Å². The lowest BCUT2D eigenvalue weighted by atomic mass is 9.92. The Morgan fingerprint density at radius 1 is 1.06 bits per heavy atom. The lowest BCUT2D eigenvalue weighted by Gasteiger charge is -2.21. The Labute approximate surface area is 185 Å². The van der Waals surface area contributed by atoms with Crippen LogP contribution in [0, 0.1) is 11.2 Å². The summed E-state index contributed by atoms with van der Waals surface area (Å²) >= 11 is 1.31. The van der Waals surface area contributed by atoms with Crippen LogP contribution in [0.25, 0.3) is 11.3 Å². The zero-order valence-corrected chi connectivity index (χ0v) is 18.6. The van der Waals surface area contributed by atoms with E-state index in [1.807, 2.05) is 56.5 Å². The Hall–Kier alpha value is -3.06. The van der Waals surface area contributed by atoms with E-state index in [-0.39, 0.29) is 30.2 Å². The highest BCUT2D eigenvalue weighted by Crippen LogP contribution is 2.29. The average molecular weight is 441 g/mol. The van der Waals surface area contributed by atoms with E-state index in [1.165, 1.54) is 28.4 Å². The van der Waals surface area contributed by atoms with Crippen LogP contribution in [0.1, 0.15) is 32.8 Å². The standard InChI is InChI=1S/C24H25FN2O3S/c1-24(2,3)13-22(29)30-15-21(28)27(14-17-7-5-4-6-8-17)23-26-20(16-31-23)18-9-11-19(25)12-10-18/h4-12,16H,13-15H2,1-3H3. The molecule has 0 spiro atoms. The highest BCUT2D eigenvalue weighted by molar-refractivity contribution is 7.14. The monoisotopic (exact) mass is 440 g/mol. The van der Waals surface area contributed by atoms with Crippen LogP contribution in [0.2, 0.25) is 0 Å². The summed E-state index contributed by atoms with van der Waals surface area (Å²) in [4.78, 5) is 31.1. The van der Waals surface area contributed by atoms with Gasteiger partial charge in [0.25, 0.3) is 5.91 Å². The van der Waals surface area contributed by atoms with E-state index in [0.717, 1.165) is 11.1 Å². The Balaban J connectivity index is 1.79. The molecule has 0 radical (unpaired) electrons. The van der Waals surface area contributed by atoms with Gasteiger partial charge in [-0.3, -0.25) is 14.5 Å². The van der Waals surface area contributed by atoms with Gasteiger partial charge in [0.15, 0.2) is 11.7 Å². The predicted octanol–water partition coefficient (Wildman–Crippen LogP) is 5.46. The molecule has 0 N–H and O–H groups in total. The lowest BCUT2D eigenvalue weighted by Crippen LogP contribution is -2.34. The second kappa shape index (κ2) is 9.83. The van der Waals surface area contributed by atoms with Crippen LogP contribution in [-0.2, 0) is 20.9 Å². The molecule has 2 aromatic carbocycles. The van der Waals surface area contributed by atoms with E-state index in [4.69, 9.17) is 4.74 Å². The highest BCUT2D eigenvalue weighted by Gasteiger charge is 2.23. The highest BCUT2D eigenvalue weighted by atomic mass is 32.1. The number of benzene rings is 2. The van der Waals surface area contributed by atoms with Gasteiger partial charge in [0.2, 0.25) is 0 Å². The molecule has 0 saturated carbocycles. The average Bonchev–Trinajstić information content (AvgIpc) is 3.20. The molecule has 162 valence electrons. The third kappa shape index (κ3) is 6.72. The molecule has 3 rings (SSSR count). The maximum atomic E-state index is 13.2. The van der Waals surface area contributed by atoms with Gasteiger partial charge in [-0.1, -0.05) is 51.1 Å². The lowest BCUT2D eigenvalue weighted by molar-refractivity contribution is -0.149. The molecule has 0 bridgehead atoms. The van der Waals surface area contributed by atoms with Gasteiger partial charge in [0, 0.05) is 10.9 Å². The summed E-state index contributed by atoms with van der Waals surface area (Å²) in [5.41, 5.74) is 2.11. The molecule has 5 nitrogen and oxygen atoms in total.